The fourth-order valence-corrected chi connectivity index (χ4v) is 4.47. The molecular weight excluding hydrogens is 481 g/mol. The quantitative estimate of drug-likeness (QED) is 0.286. The summed E-state index contributed by atoms with van der Waals surface area (Å²) >= 11 is 0. The van der Waals surface area contributed by atoms with Gasteiger partial charge in [-0.1, -0.05) is 21.5 Å². The Morgan fingerprint density at radius 2 is 0.838 bits per heavy atom. The largest absolute Gasteiger partial charge is 0.937 e. The monoisotopic (exact) mass is 513 g/mol. The molecule has 3 aliphatic rings. The molecule has 1 aromatic heterocycles. The first-order chi connectivity index (χ1) is 18.2. The van der Waals surface area contributed by atoms with E-state index >= 15 is 0 Å². The van der Waals surface area contributed by atoms with Crippen molar-refractivity contribution in [2.24, 2.45) is 30.9 Å². The fourth-order valence-electron chi connectivity index (χ4n) is 4.47. The number of oxime groups is 6. The highest BCUT2D eigenvalue weighted by Gasteiger charge is 2.56. The van der Waals surface area contributed by atoms with E-state index in [1.807, 2.05) is 6.07 Å². The van der Waals surface area contributed by atoms with Crippen LogP contribution in [-0.2, 0) is 14.3 Å². The summed E-state index contributed by atoms with van der Waals surface area (Å²) in [6.07, 6.45) is 11.9. The minimum atomic E-state index is -3.03. The molecule has 4 rings (SSSR count). The Balaban J connectivity index is 1.76. The van der Waals surface area contributed by atoms with Crippen molar-refractivity contribution in [1.29, 1.82) is 0 Å². The lowest BCUT2D eigenvalue weighted by molar-refractivity contribution is -0.597. The summed E-state index contributed by atoms with van der Waals surface area (Å²) in [6, 6.07) is 5.32. The van der Waals surface area contributed by atoms with Crippen LogP contribution in [0.2, 0.25) is 0 Å². The van der Waals surface area contributed by atoms with Crippen molar-refractivity contribution >= 4 is 41.2 Å². The molecule has 37 heavy (non-hydrogen) atoms. The second kappa shape index (κ2) is 12.8. The summed E-state index contributed by atoms with van der Waals surface area (Å²) in [4.78, 5) is 0. The molecule has 0 aliphatic heterocycles. The van der Waals surface area contributed by atoms with E-state index in [4.69, 9.17) is 14.3 Å². The van der Waals surface area contributed by atoms with Crippen molar-refractivity contribution < 1.29 is 34.4 Å². The molecule has 3 aliphatic carbocycles. The van der Waals surface area contributed by atoms with Crippen LogP contribution in [0, 0.1) is 0 Å². The predicted molar refractivity (Wildman–Crippen MR) is 136 cm³/mol. The Morgan fingerprint density at radius 1 is 0.514 bits per heavy atom. The van der Waals surface area contributed by atoms with Crippen LogP contribution in [0.15, 0.2) is 61.5 Å². The van der Waals surface area contributed by atoms with Crippen molar-refractivity contribution in [3.8, 4) is 0 Å². The molecule has 0 saturated heterocycles. The van der Waals surface area contributed by atoms with Gasteiger partial charge in [-0.25, -0.2) is 0 Å². The number of aromatic nitrogens is 1. The number of rotatable bonds is 7. The summed E-state index contributed by atoms with van der Waals surface area (Å²) in [6.45, 7) is -3.03. The van der Waals surface area contributed by atoms with Gasteiger partial charge in [-0.05, 0) is 89.2 Å². The number of pyridine rings is 1. The molecule has 1 heterocycles. The molecule has 0 aromatic carbocycles. The molecule has 3 fully saturated rings. The molecule has 13 nitrogen and oxygen atoms in total. The fraction of sp³-hybridized carbons (Fsp3) is 0.522. The molecule has 0 atom stereocenters. The molecule has 0 unspecified atom stereocenters. The van der Waals surface area contributed by atoms with Gasteiger partial charge in [-0.2, -0.15) is 0 Å². The topological polar surface area (TPSA) is 166 Å². The first kappa shape index (κ1) is 26.1. The summed E-state index contributed by atoms with van der Waals surface area (Å²) in [5.74, 6) is 0. The summed E-state index contributed by atoms with van der Waals surface area (Å²) in [5.41, 5.74) is 2.68. The van der Waals surface area contributed by atoms with Gasteiger partial charge < -0.3 is 29.9 Å². The van der Waals surface area contributed by atoms with Crippen molar-refractivity contribution in [1.82, 2.24) is 0 Å². The Hall–Kier alpha value is -3.97. The van der Waals surface area contributed by atoms with Gasteiger partial charge in [0.25, 0.3) is 0 Å². The zero-order valence-corrected chi connectivity index (χ0v) is 20.6. The van der Waals surface area contributed by atoms with Crippen LogP contribution in [0.3, 0.4) is 0 Å². The average Bonchev–Trinajstić information content (AvgIpc) is 2.97. The second-order valence-electron chi connectivity index (χ2n) is 9.12. The highest BCUT2D eigenvalue weighted by atomic mass is 16.9. The van der Waals surface area contributed by atoms with Gasteiger partial charge in [0, 0.05) is 0 Å². The third-order valence-electron chi connectivity index (χ3n) is 6.59. The SMILES string of the molecule is O/N=C1/CCCC/C1=N/O[B-](O/N=C1/CCCC/C1=N/O)(O/N=C1\CCCC\C1=N/O)[n+]1ccccc1. The molecule has 3 N–H and O–H groups in total. The maximum atomic E-state index is 9.44. The lowest BCUT2D eigenvalue weighted by Gasteiger charge is -2.29. The van der Waals surface area contributed by atoms with Gasteiger partial charge in [0.1, 0.15) is 29.5 Å². The number of hydrogen-bond acceptors (Lipinski definition) is 12. The standard InChI is InChI=1S/C23H32BN7O6/c32-25-18-10-2-5-13-21(18)28-35-24(31-16-8-1-9-17-31,36-29-22-14-6-3-11-19(22)26-33)37-30-23-15-7-4-12-20(23)27-34/h1,8-9,16-17,32-34H,2-7,10-15H2/b25-18-,26-19-,27-20+,28-21-,29-22-,30-23+. The normalized spacial score (nSPS) is 25.7. The van der Waals surface area contributed by atoms with Crippen molar-refractivity contribution in [2.45, 2.75) is 77.0 Å². The smallest absolute Gasteiger partial charge is 0.472 e. The zero-order valence-electron chi connectivity index (χ0n) is 20.6. The Morgan fingerprint density at radius 3 is 1.16 bits per heavy atom. The Bertz CT molecular complexity index is 1010. The molecule has 198 valence electrons. The summed E-state index contributed by atoms with van der Waals surface area (Å²) in [5, 5.41) is 51.2. The molecule has 14 heteroatoms. The molecular formula is C23H32BN7O6. The van der Waals surface area contributed by atoms with E-state index in [0.717, 1.165) is 38.5 Å². The third-order valence-corrected chi connectivity index (χ3v) is 6.59. The van der Waals surface area contributed by atoms with Gasteiger partial charge >= 0.3 is 6.89 Å². The number of hydrogen-bond donors (Lipinski definition) is 3. The van der Waals surface area contributed by atoms with Crippen LogP contribution < -0.4 is 4.48 Å². The molecule has 1 aromatic rings. The minimum absolute atomic E-state index is 0.426. The highest BCUT2D eigenvalue weighted by Crippen LogP contribution is 2.20. The second-order valence-corrected chi connectivity index (χ2v) is 9.12. The summed E-state index contributed by atoms with van der Waals surface area (Å²) in [7, 11) is 0. The Kier molecular flexibility index (Phi) is 9.05. The molecule has 0 spiro atoms. The van der Waals surface area contributed by atoms with Crippen LogP contribution in [0.5, 0.6) is 0 Å². The predicted octanol–water partition coefficient (Wildman–Crippen LogP) is 3.59. The van der Waals surface area contributed by atoms with E-state index < -0.39 is 6.89 Å². The van der Waals surface area contributed by atoms with Crippen LogP contribution in [-0.4, -0.2) is 56.8 Å². The van der Waals surface area contributed by atoms with E-state index in [1.54, 1.807) is 24.5 Å². The van der Waals surface area contributed by atoms with Gasteiger partial charge in [0.05, 0.1) is 17.1 Å². The van der Waals surface area contributed by atoms with E-state index in [2.05, 4.69) is 30.9 Å². The molecule has 0 radical (unpaired) electrons. The molecule has 3 saturated carbocycles. The van der Waals surface area contributed by atoms with Gasteiger partial charge in [0.2, 0.25) is 0 Å². The van der Waals surface area contributed by atoms with E-state index in [-0.39, 0.29) is 0 Å². The lowest BCUT2D eigenvalue weighted by atomic mass is 9.95. The maximum Gasteiger partial charge on any atom is 0.937 e. The van der Waals surface area contributed by atoms with Crippen LogP contribution >= 0.6 is 0 Å². The molecule has 0 amide bonds. The van der Waals surface area contributed by atoms with Gasteiger partial charge in [0.15, 0.2) is 0 Å². The van der Waals surface area contributed by atoms with E-state index in [9.17, 15) is 15.6 Å². The minimum Gasteiger partial charge on any atom is -0.472 e. The average molecular weight is 513 g/mol. The van der Waals surface area contributed by atoms with Crippen LogP contribution in [0.25, 0.3) is 0 Å². The van der Waals surface area contributed by atoms with Crippen molar-refractivity contribution in [3.05, 3.63) is 30.6 Å². The van der Waals surface area contributed by atoms with Crippen molar-refractivity contribution in [3.63, 3.8) is 0 Å². The van der Waals surface area contributed by atoms with Crippen molar-refractivity contribution in [2.75, 3.05) is 0 Å². The third kappa shape index (κ3) is 6.43. The number of nitrogens with zero attached hydrogens (tertiary/aromatic N) is 7. The first-order valence-corrected chi connectivity index (χ1v) is 12.7. The highest BCUT2D eigenvalue weighted by molar-refractivity contribution is 6.52. The summed E-state index contributed by atoms with van der Waals surface area (Å²) < 4.78 is 19.4. The first-order valence-electron chi connectivity index (χ1n) is 12.7. The lowest BCUT2D eigenvalue weighted by Crippen LogP contribution is -2.69. The van der Waals surface area contributed by atoms with E-state index in [1.165, 1.54) is 4.48 Å². The zero-order chi connectivity index (χ0) is 25.9. The maximum absolute atomic E-state index is 9.44. The van der Waals surface area contributed by atoms with E-state index in [0.29, 0.717) is 72.8 Å². The van der Waals surface area contributed by atoms with Gasteiger partial charge in [-0.3, -0.25) is 4.48 Å². The van der Waals surface area contributed by atoms with Crippen LogP contribution in [0.4, 0.5) is 0 Å². The van der Waals surface area contributed by atoms with Crippen LogP contribution in [0.1, 0.15) is 77.0 Å². The Labute approximate surface area is 214 Å². The van der Waals surface area contributed by atoms with Gasteiger partial charge in [-0.15, -0.1) is 15.5 Å². The molecule has 0 bridgehead atoms.